The van der Waals surface area contributed by atoms with Crippen LogP contribution in [0.5, 0.6) is 0 Å². The second-order valence-corrected chi connectivity index (χ2v) is 5.71. The molecule has 2 heterocycles. The normalized spacial score (nSPS) is 21.1. The molecule has 18 heavy (non-hydrogen) atoms. The average molecular weight is 274 g/mol. The molecule has 1 atom stereocenters. The third-order valence-corrected chi connectivity index (χ3v) is 4.61. The molecule has 0 aliphatic carbocycles. The zero-order chi connectivity index (χ0) is 13.3. The summed E-state index contributed by atoms with van der Waals surface area (Å²) >= 11 is 0. The lowest BCUT2D eigenvalue weighted by Crippen LogP contribution is -2.40. The van der Waals surface area contributed by atoms with Crippen LogP contribution in [0.3, 0.4) is 0 Å². The zero-order valence-electron chi connectivity index (χ0n) is 9.28. The first-order chi connectivity index (χ1) is 8.44. The van der Waals surface area contributed by atoms with Gasteiger partial charge >= 0.3 is 5.97 Å². The second kappa shape index (κ2) is 4.62. The molecule has 1 saturated heterocycles. The van der Waals surface area contributed by atoms with Crippen molar-refractivity contribution < 1.29 is 22.7 Å². The largest absolute Gasteiger partial charge is 0.480 e. The highest BCUT2D eigenvalue weighted by Gasteiger charge is 2.41. The Kier molecular flexibility index (Phi) is 3.31. The van der Waals surface area contributed by atoms with Gasteiger partial charge in [-0.15, -0.1) is 0 Å². The first-order valence-electron chi connectivity index (χ1n) is 5.30. The van der Waals surface area contributed by atoms with Crippen LogP contribution in [0.15, 0.2) is 23.4 Å². The van der Waals surface area contributed by atoms with Gasteiger partial charge in [0.15, 0.2) is 5.82 Å². The van der Waals surface area contributed by atoms with Crippen LogP contribution in [-0.4, -0.2) is 41.4 Å². The fourth-order valence-electron chi connectivity index (χ4n) is 1.95. The minimum absolute atomic E-state index is 0.0648. The average Bonchev–Trinajstić information content (AvgIpc) is 2.78. The van der Waals surface area contributed by atoms with Crippen LogP contribution in [0.25, 0.3) is 0 Å². The number of rotatable bonds is 3. The smallest absolute Gasteiger partial charge is 0.322 e. The molecule has 1 aliphatic rings. The number of nitrogens with zero attached hydrogens (tertiary/aromatic N) is 2. The van der Waals surface area contributed by atoms with Crippen molar-refractivity contribution >= 4 is 16.0 Å². The standard InChI is InChI=1S/C10H11FN2O4S/c11-7-3-1-5-12-9(7)18(16,17)13-6-2-4-8(13)10(14)15/h1,3,5,8H,2,4,6H2,(H,14,15)/t8-/m1/s1. The van der Waals surface area contributed by atoms with E-state index in [2.05, 4.69) is 4.98 Å². The first-order valence-corrected chi connectivity index (χ1v) is 6.74. The number of aliphatic carboxylic acids is 1. The van der Waals surface area contributed by atoms with Gasteiger partial charge in [-0.05, 0) is 25.0 Å². The summed E-state index contributed by atoms with van der Waals surface area (Å²) in [4.78, 5) is 14.4. The Labute approximate surface area is 103 Å². The van der Waals surface area contributed by atoms with Crippen molar-refractivity contribution in [3.8, 4) is 0 Å². The molecular formula is C10H11FN2O4S. The molecule has 0 saturated carbocycles. The maximum atomic E-state index is 13.5. The molecule has 0 bridgehead atoms. The van der Waals surface area contributed by atoms with Crippen LogP contribution in [0.2, 0.25) is 0 Å². The van der Waals surface area contributed by atoms with E-state index in [9.17, 15) is 17.6 Å². The Morgan fingerprint density at radius 3 is 2.89 bits per heavy atom. The van der Waals surface area contributed by atoms with Crippen LogP contribution < -0.4 is 0 Å². The van der Waals surface area contributed by atoms with Gasteiger partial charge in [0.1, 0.15) is 6.04 Å². The van der Waals surface area contributed by atoms with E-state index in [-0.39, 0.29) is 13.0 Å². The van der Waals surface area contributed by atoms with E-state index in [1.165, 1.54) is 6.07 Å². The minimum Gasteiger partial charge on any atom is -0.480 e. The molecule has 0 spiro atoms. The molecule has 0 aromatic carbocycles. The topological polar surface area (TPSA) is 87.6 Å². The molecule has 1 aromatic heterocycles. The van der Waals surface area contributed by atoms with Crippen molar-refractivity contribution in [3.63, 3.8) is 0 Å². The molecule has 98 valence electrons. The fourth-order valence-corrected chi connectivity index (χ4v) is 3.58. The van der Waals surface area contributed by atoms with Crippen LogP contribution in [-0.2, 0) is 14.8 Å². The van der Waals surface area contributed by atoms with Gasteiger partial charge in [0, 0.05) is 12.7 Å². The molecule has 2 rings (SSSR count). The van der Waals surface area contributed by atoms with Crippen molar-refractivity contribution in [2.24, 2.45) is 0 Å². The number of carboxylic acid groups (broad SMARTS) is 1. The highest BCUT2D eigenvalue weighted by Crippen LogP contribution is 2.26. The number of sulfonamides is 1. The highest BCUT2D eigenvalue weighted by atomic mass is 32.2. The summed E-state index contributed by atoms with van der Waals surface area (Å²) < 4.78 is 38.5. The molecule has 0 unspecified atom stereocenters. The van der Waals surface area contributed by atoms with Crippen LogP contribution in [0, 0.1) is 5.82 Å². The molecule has 1 fully saturated rings. The number of hydrogen-bond donors (Lipinski definition) is 1. The van der Waals surface area contributed by atoms with Gasteiger partial charge in [0.2, 0.25) is 5.03 Å². The van der Waals surface area contributed by atoms with Crippen LogP contribution >= 0.6 is 0 Å². The van der Waals surface area contributed by atoms with E-state index < -0.39 is 32.9 Å². The lowest BCUT2D eigenvalue weighted by atomic mass is 10.2. The summed E-state index contributed by atoms with van der Waals surface area (Å²) in [5.41, 5.74) is 0. The summed E-state index contributed by atoms with van der Waals surface area (Å²) in [6, 6.07) is 1.11. The summed E-state index contributed by atoms with van der Waals surface area (Å²) in [7, 11) is -4.20. The maximum Gasteiger partial charge on any atom is 0.322 e. The van der Waals surface area contributed by atoms with Gasteiger partial charge in [-0.2, -0.15) is 4.31 Å². The molecule has 1 aromatic rings. The number of hydrogen-bond acceptors (Lipinski definition) is 4. The molecule has 1 N–H and O–H groups in total. The predicted molar refractivity (Wildman–Crippen MR) is 58.7 cm³/mol. The summed E-state index contributed by atoms with van der Waals surface area (Å²) in [5, 5.41) is 8.22. The van der Waals surface area contributed by atoms with Gasteiger partial charge in [0.05, 0.1) is 0 Å². The van der Waals surface area contributed by atoms with Crippen molar-refractivity contribution in [1.29, 1.82) is 0 Å². The van der Waals surface area contributed by atoms with E-state index in [4.69, 9.17) is 5.11 Å². The Balaban J connectivity index is 2.43. The zero-order valence-corrected chi connectivity index (χ0v) is 10.1. The van der Waals surface area contributed by atoms with E-state index in [0.717, 1.165) is 16.6 Å². The van der Waals surface area contributed by atoms with Crippen molar-refractivity contribution in [2.75, 3.05) is 6.54 Å². The summed E-state index contributed by atoms with van der Waals surface area (Å²) in [6.45, 7) is 0.0648. The Bertz CT molecular complexity index is 575. The third-order valence-electron chi connectivity index (χ3n) is 2.77. The van der Waals surface area contributed by atoms with E-state index in [1.807, 2.05) is 0 Å². The monoisotopic (exact) mass is 274 g/mol. The molecule has 0 amide bonds. The maximum absolute atomic E-state index is 13.5. The number of carbonyl (C=O) groups is 1. The Hall–Kier alpha value is -1.54. The summed E-state index contributed by atoms with van der Waals surface area (Å²) in [6.07, 6.45) is 1.81. The first kappa shape index (κ1) is 12.9. The molecule has 6 nitrogen and oxygen atoms in total. The van der Waals surface area contributed by atoms with Gasteiger partial charge in [-0.3, -0.25) is 4.79 Å². The number of aromatic nitrogens is 1. The van der Waals surface area contributed by atoms with Crippen LogP contribution in [0.1, 0.15) is 12.8 Å². The molecule has 0 radical (unpaired) electrons. The number of halogens is 1. The van der Waals surface area contributed by atoms with E-state index in [1.54, 1.807) is 0 Å². The van der Waals surface area contributed by atoms with Gasteiger partial charge in [-0.25, -0.2) is 17.8 Å². The van der Waals surface area contributed by atoms with Crippen molar-refractivity contribution in [1.82, 2.24) is 9.29 Å². The predicted octanol–water partition coefficient (Wildman–Crippen LogP) is 0.458. The number of pyridine rings is 1. The fraction of sp³-hybridized carbons (Fsp3) is 0.400. The molecule has 8 heteroatoms. The van der Waals surface area contributed by atoms with E-state index >= 15 is 0 Å². The lowest BCUT2D eigenvalue weighted by molar-refractivity contribution is -0.140. The highest BCUT2D eigenvalue weighted by molar-refractivity contribution is 7.89. The van der Waals surface area contributed by atoms with Gasteiger partial charge in [0.25, 0.3) is 10.0 Å². The Morgan fingerprint density at radius 1 is 1.56 bits per heavy atom. The number of carboxylic acids is 1. The third kappa shape index (κ3) is 2.08. The van der Waals surface area contributed by atoms with Gasteiger partial charge < -0.3 is 5.11 Å². The lowest BCUT2D eigenvalue weighted by Gasteiger charge is -2.20. The quantitative estimate of drug-likeness (QED) is 0.865. The molecule has 1 aliphatic heterocycles. The van der Waals surface area contributed by atoms with Crippen molar-refractivity contribution in [2.45, 2.75) is 23.9 Å². The van der Waals surface area contributed by atoms with Crippen LogP contribution in [0.4, 0.5) is 4.39 Å². The minimum atomic E-state index is -4.20. The molecular weight excluding hydrogens is 263 g/mol. The second-order valence-electron chi connectivity index (χ2n) is 3.90. The van der Waals surface area contributed by atoms with E-state index in [0.29, 0.717) is 6.42 Å². The van der Waals surface area contributed by atoms with Gasteiger partial charge in [-0.1, -0.05) is 0 Å². The van der Waals surface area contributed by atoms with Crippen molar-refractivity contribution in [3.05, 3.63) is 24.1 Å². The summed E-state index contributed by atoms with van der Waals surface area (Å²) in [5.74, 6) is -2.21. The SMILES string of the molecule is O=C(O)[C@H]1CCCN1S(=O)(=O)c1ncccc1F. The Morgan fingerprint density at radius 2 is 2.28 bits per heavy atom.